The van der Waals surface area contributed by atoms with Crippen LogP contribution in [0.5, 0.6) is 0 Å². The maximum Gasteiger partial charge on any atom is 0.0507 e. The molecule has 0 aromatic heterocycles. The van der Waals surface area contributed by atoms with Gasteiger partial charge in [-0.05, 0) is 57.0 Å². The molecule has 170 valence electrons. The Bertz CT molecular complexity index is 309. The molecule has 0 spiro atoms. The lowest BCUT2D eigenvalue weighted by molar-refractivity contribution is 0.541. The van der Waals surface area contributed by atoms with Crippen LogP contribution in [0.25, 0.3) is 0 Å². The first-order valence-electron chi connectivity index (χ1n) is 11.3. The molecule has 0 amide bonds. The van der Waals surface area contributed by atoms with Crippen LogP contribution in [0.4, 0.5) is 0 Å². The third-order valence-electron chi connectivity index (χ3n) is 5.69. The van der Waals surface area contributed by atoms with Crippen molar-refractivity contribution in [3.63, 3.8) is 0 Å². The molecule has 0 rings (SSSR count). The van der Waals surface area contributed by atoms with Gasteiger partial charge in [0.25, 0.3) is 0 Å². The van der Waals surface area contributed by atoms with Gasteiger partial charge in [-0.3, -0.25) is 0 Å². The molecule has 0 N–H and O–H groups in total. The minimum Gasteiger partial charge on any atom is -0.162 e. The Morgan fingerprint density at radius 2 is 0.964 bits per heavy atom. The van der Waals surface area contributed by atoms with Crippen LogP contribution in [0.15, 0.2) is 0 Å². The summed E-state index contributed by atoms with van der Waals surface area (Å²) in [5.74, 6) is 0. The monoisotopic (exact) mass is 484 g/mol. The Morgan fingerprint density at radius 3 is 1.39 bits per heavy atom. The number of hydrogen-bond donors (Lipinski definition) is 0. The fraction of sp³-hybridized carbons (Fsp3) is 1.00. The Labute approximate surface area is 199 Å². The Morgan fingerprint density at radius 1 is 0.500 bits per heavy atom. The molecular weight excluding hydrogens is 437 g/mol. The van der Waals surface area contributed by atoms with E-state index in [1.807, 2.05) is 23.5 Å². The van der Waals surface area contributed by atoms with Crippen molar-refractivity contribution in [1.82, 2.24) is 0 Å². The first kappa shape index (κ1) is 29.8. The predicted octanol–water partition coefficient (Wildman–Crippen LogP) is 9.32. The van der Waals surface area contributed by atoms with Gasteiger partial charge in [-0.25, -0.2) is 0 Å². The molecule has 0 radical (unpaired) electrons. The number of unbranched alkanes of at least 4 members (excludes halogenated alkanes) is 7. The van der Waals surface area contributed by atoms with Crippen molar-refractivity contribution in [2.45, 2.75) is 111 Å². The largest absolute Gasteiger partial charge is 0.162 e. The summed E-state index contributed by atoms with van der Waals surface area (Å²) >= 11 is 10.4. The summed E-state index contributed by atoms with van der Waals surface area (Å²) in [4.78, 5) is 0. The fourth-order valence-corrected chi connectivity index (χ4v) is 8.75. The molecule has 0 aromatic rings. The van der Waals surface area contributed by atoms with E-state index in [1.54, 1.807) is 0 Å². The van der Waals surface area contributed by atoms with Crippen LogP contribution in [-0.2, 0) is 0 Å². The molecule has 5 heteroatoms. The number of rotatable bonds is 21. The van der Waals surface area contributed by atoms with Gasteiger partial charge in [-0.1, -0.05) is 64.7 Å². The summed E-state index contributed by atoms with van der Waals surface area (Å²) in [6.45, 7) is 2.32. The van der Waals surface area contributed by atoms with Crippen LogP contribution in [0, 0.1) is 0 Å². The van der Waals surface area contributed by atoms with Crippen LogP contribution in [-0.4, -0.2) is 51.6 Å². The van der Waals surface area contributed by atoms with E-state index in [1.165, 1.54) is 83.5 Å². The first-order chi connectivity index (χ1) is 13.7. The second kappa shape index (κ2) is 22.0. The van der Waals surface area contributed by atoms with Gasteiger partial charge in [0.1, 0.15) is 0 Å². The van der Waals surface area contributed by atoms with Crippen molar-refractivity contribution in [1.29, 1.82) is 0 Å². The highest BCUT2D eigenvalue weighted by molar-refractivity contribution is 8.16. The van der Waals surface area contributed by atoms with E-state index < -0.39 is 0 Å². The molecule has 0 bridgehead atoms. The lowest BCUT2D eigenvalue weighted by Gasteiger charge is -2.24. The molecule has 0 heterocycles. The van der Waals surface area contributed by atoms with Crippen LogP contribution >= 0.6 is 58.8 Å². The third-order valence-corrected chi connectivity index (χ3v) is 11.9. The van der Waals surface area contributed by atoms with Crippen molar-refractivity contribution in [2.24, 2.45) is 0 Å². The smallest absolute Gasteiger partial charge is 0.0507 e. The molecular formula is C23H48S5. The van der Waals surface area contributed by atoms with E-state index in [0.29, 0.717) is 0 Å². The molecule has 0 aromatic carbocycles. The fourth-order valence-electron chi connectivity index (χ4n) is 3.75. The van der Waals surface area contributed by atoms with Crippen LogP contribution in [0.2, 0.25) is 0 Å². The van der Waals surface area contributed by atoms with Crippen LogP contribution < -0.4 is 0 Å². The van der Waals surface area contributed by atoms with Gasteiger partial charge in [-0.15, -0.1) is 0 Å². The van der Waals surface area contributed by atoms with E-state index in [0.717, 1.165) is 20.3 Å². The summed E-state index contributed by atoms with van der Waals surface area (Å²) in [6.07, 6.45) is 29.9. The van der Waals surface area contributed by atoms with Crippen molar-refractivity contribution in [3.05, 3.63) is 0 Å². The number of hydrogen-bond acceptors (Lipinski definition) is 5. The minimum atomic E-state index is 0.787. The third kappa shape index (κ3) is 15.5. The van der Waals surface area contributed by atoms with E-state index in [9.17, 15) is 0 Å². The summed E-state index contributed by atoms with van der Waals surface area (Å²) in [7, 11) is 0. The molecule has 0 aliphatic rings. The van der Waals surface area contributed by atoms with Gasteiger partial charge in [0, 0.05) is 15.7 Å². The Kier molecular flexibility index (Phi) is 23.3. The zero-order valence-electron chi connectivity index (χ0n) is 19.5. The van der Waals surface area contributed by atoms with Gasteiger partial charge in [0.05, 0.1) is 4.58 Å². The van der Waals surface area contributed by atoms with Gasteiger partial charge in [0.15, 0.2) is 0 Å². The average molecular weight is 485 g/mol. The molecule has 0 saturated carbocycles. The summed E-state index contributed by atoms with van der Waals surface area (Å²) in [6, 6.07) is 0. The van der Waals surface area contributed by atoms with Gasteiger partial charge in [-0.2, -0.15) is 58.8 Å². The highest BCUT2D eigenvalue weighted by atomic mass is 32.2. The standard InChI is InChI=1S/C23H48S5/c1-7-8-17-21(25-3)22(26-4)18-15-13-11-9-10-12-14-16-20(24-2)19-23(27-5)28-6/h20-23H,7-19H2,1-6H3. The Hall–Kier alpha value is 1.75. The minimum absolute atomic E-state index is 0.787. The molecule has 0 aliphatic heterocycles. The van der Waals surface area contributed by atoms with Gasteiger partial charge in [0.2, 0.25) is 0 Å². The second-order valence-corrected chi connectivity index (χ2v) is 13.4. The molecule has 0 saturated heterocycles. The van der Waals surface area contributed by atoms with Crippen molar-refractivity contribution >= 4 is 58.8 Å². The normalized spacial score (nSPS) is 15.1. The highest BCUT2D eigenvalue weighted by Gasteiger charge is 2.18. The maximum atomic E-state index is 2.32. The number of thioether (sulfide) groups is 5. The van der Waals surface area contributed by atoms with Crippen molar-refractivity contribution < 1.29 is 0 Å². The second-order valence-electron chi connectivity index (χ2n) is 7.74. The van der Waals surface area contributed by atoms with Gasteiger partial charge < -0.3 is 0 Å². The van der Waals surface area contributed by atoms with E-state index >= 15 is 0 Å². The van der Waals surface area contributed by atoms with Crippen LogP contribution in [0.1, 0.15) is 90.4 Å². The zero-order chi connectivity index (χ0) is 21.0. The summed E-state index contributed by atoms with van der Waals surface area (Å²) in [5.41, 5.74) is 0. The predicted molar refractivity (Wildman–Crippen MR) is 148 cm³/mol. The quantitative estimate of drug-likeness (QED) is 0.117. The molecule has 0 fully saturated rings. The van der Waals surface area contributed by atoms with Crippen LogP contribution in [0.3, 0.4) is 0 Å². The maximum absolute atomic E-state index is 2.32. The molecule has 0 nitrogen and oxygen atoms in total. The lowest BCUT2D eigenvalue weighted by atomic mass is 10.0. The van der Waals surface area contributed by atoms with E-state index in [4.69, 9.17) is 0 Å². The molecule has 3 atom stereocenters. The molecule has 3 unspecified atom stereocenters. The highest BCUT2D eigenvalue weighted by Crippen LogP contribution is 2.31. The SMILES string of the molecule is CCCCC(SC)C(CCCCCCCCCC(CC(SC)SC)SC)SC. The molecule has 28 heavy (non-hydrogen) atoms. The van der Waals surface area contributed by atoms with Crippen molar-refractivity contribution in [3.8, 4) is 0 Å². The average Bonchev–Trinajstić information content (AvgIpc) is 2.73. The van der Waals surface area contributed by atoms with E-state index in [-0.39, 0.29) is 0 Å². The summed E-state index contributed by atoms with van der Waals surface area (Å²) in [5, 5.41) is 2.61. The lowest BCUT2D eigenvalue weighted by Crippen LogP contribution is -2.19. The Balaban J connectivity index is 3.71. The zero-order valence-corrected chi connectivity index (χ0v) is 23.6. The van der Waals surface area contributed by atoms with E-state index in [2.05, 4.69) is 73.5 Å². The van der Waals surface area contributed by atoms with Gasteiger partial charge >= 0.3 is 0 Å². The topological polar surface area (TPSA) is 0 Å². The first-order valence-corrected chi connectivity index (χ1v) is 17.7. The molecule has 0 aliphatic carbocycles. The van der Waals surface area contributed by atoms with Crippen molar-refractivity contribution in [2.75, 3.05) is 31.3 Å². The summed E-state index contributed by atoms with van der Waals surface area (Å²) < 4.78 is 0.787.